The highest BCUT2D eigenvalue weighted by molar-refractivity contribution is 5.75. The normalized spacial score (nSPS) is 10.4. The number of nitrogens with zero attached hydrogens (tertiary/aromatic N) is 1. The van der Waals surface area contributed by atoms with Gasteiger partial charge in [-0.15, -0.1) is 0 Å². The van der Waals surface area contributed by atoms with E-state index in [9.17, 15) is 4.79 Å². The predicted molar refractivity (Wildman–Crippen MR) is 77.0 cm³/mol. The first-order chi connectivity index (χ1) is 8.95. The van der Waals surface area contributed by atoms with Gasteiger partial charge in [0, 0.05) is 13.5 Å². The molecule has 0 spiro atoms. The number of amides is 1. The van der Waals surface area contributed by atoms with Gasteiger partial charge in [0.05, 0.1) is 7.11 Å². The number of hydrazine groups is 1. The van der Waals surface area contributed by atoms with Crippen LogP contribution < -0.4 is 10.6 Å². The van der Waals surface area contributed by atoms with Crippen LogP contribution in [-0.4, -0.2) is 25.1 Å². The molecule has 2 N–H and O–H groups in total. The maximum Gasteiger partial charge on any atom is 0.236 e. The van der Waals surface area contributed by atoms with Gasteiger partial charge in [0.2, 0.25) is 5.91 Å². The molecule has 0 aliphatic carbocycles. The SMILES string of the molecule is COc1cc(C)cc(C)c1CCCCC(=O)N(C)N. The molecule has 4 nitrogen and oxygen atoms in total. The maximum atomic E-state index is 11.4. The van der Waals surface area contributed by atoms with E-state index in [-0.39, 0.29) is 5.91 Å². The molecule has 0 fully saturated rings. The molecule has 1 aromatic rings. The smallest absolute Gasteiger partial charge is 0.236 e. The van der Waals surface area contributed by atoms with E-state index >= 15 is 0 Å². The molecule has 1 amide bonds. The van der Waals surface area contributed by atoms with Crippen LogP contribution in [0.3, 0.4) is 0 Å². The first-order valence-corrected chi connectivity index (χ1v) is 6.61. The summed E-state index contributed by atoms with van der Waals surface area (Å²) in [5.74, 6) is 6.30. The Kier molecular flexibility index (Phi) is 5.83. The van der Waals surface area contributed by atoms with Crippen molar-refractivity contribution in [3.05, 3.63) is 28.8 Å². The molecule has 0 unspecified atom stereocenters. The van der Waals surface area contributed by atoms with Gasteiger partial charge in [0.25, 0.3) is 0 Å². The summed E-state index contributed by atoms with van der Waals surface area (Å²) in [5, 5.41) is 1.15. The van der Waals surface area contributed by atoms with Crippen molar-refractivity contribution in [3.8, 4) is 5.75 Å². The van der Waals surface area contributed by atoms with Gasteiger partial charge in [-0.3, -0.25) is 9.80 Å². The predicted octanol–water partition coefficient (Wildman–Crippen LogP) is 2.36. The Morgan fingerprint density at radius 2 is 2.00 bits per heavy atom. The summed E-state index contributed by atoms with van der Waals surface area (Å²) < 4.78 is 5.43. The number of ether oxygens (including phenoxy) is 1. The van der Waals surface area contributed by atoms with E-state index in [1.54, 1.807) is 14.2 Å². The minimum absolute atomic E-state index is 0.0207. The zero-order chi connectivity index (χ0) is 14.4. The fraction of sp³-hybridized carbons (Fsp3) is 0.533. The van der Waals surface area contributed by atoms with Crippen LogP contribution >= 0.6 is 0 Å². The van der Waals surface area contributed by atoms with Crippen molar-refractivity contribution in [1.82, 2.24) is 5.01 Å². The molecule has 0 atom stereocenters. The van der Waals surface area contributed by atoms with Crippen LogP contribution in [0, 0.1) is 13.8 Å². The Bertz CT molecular complexity index is 442. The van der Waals surface area contributed by atoms with Gasteiger partial charge in [-0.1, -0.05) is 6.07 Å². The van der Waals surface area contributed by atoms with Crippen LogP contribution in [0.25, 0.3) is 0 Å². The third-order valence-corrected chi connectivity index (χ3v) is 3.26. The van der Waals surface area contributed by atoms with Crippen LogP contribution in [0.15, 0.2) is 12.1 Å². The summed E-state index contributed by atoms with van der Waals surface area (Å²) in [7, 11) is 3.28. The van der Waals surface area contributed by atoms with Gasteiger partial charge in [0.1, 0.15) is 5.75 Å². The lowest BCUT2D eigenvalue weighted by atomic mass is 9.99. The molecule has 4 heteroatoms. The minimum atomic E-state index is -0.0207. The first-order valence-electron chi connectivity index (χ1n) is 6.61. The summed E-state index contributed by atoms with van der Waals surface area (Å²) >= 11 is 0. The number of nitrogens with two attached hydrogens (primary N) is 1. The number of carbonyl (C=O) groups excluding carboxylic acids is 1. The van der Waals surface area contributed by atoms with E-state index in [2.05, 4.69) is 26.0 Å². The van der Waals surface area contributed by atoms with Crippen molar-refractivity contribution in [3.63, 3.8) is 0 Å². The maximum absolute atomic E-state index is 11.4. The number of hydrogen-bond acceptors (Lipinski definition) is 3. The van der Waals surface area contributed by atoms with Crippen molar-refractivity contribution in [2.24, 2.45) is 5.84 Å². The summed E-state index contributed by atoms with van der Waals surface area (Å²) in [4.78, 5) is 11.4. The van der Waals surface area contributed by atoms with Crippen LogP contribution in [0.4, 0.5) is 0 Å². The number of methoxy groups -OCH3 is 1. The molecule has 106 valence electrons. The zero-order valence-electron chi connectivity index (χ0n) is 12.3. The molecule has 1 aromatic carbocycles. The molecule has 0 radical (unpaired) electrons. The van der Waals surface area contributed by atoms with Crippen molar-refractivity contribution >= 4 is 5.91 Å². The standard InChI is InChI=1S/C15H24N2O2/c1-11-9-12(2)13(14(10-11)19-4)7-5-6-8-15(18)17(3)16/h9-10H,5-8,16H2,1-4H3. The molecule has 0 aromatic heterocycles. The Balaban J connectivity index is 2.56. The second-order valence-electron chi connectivity index (χ2n) is 4.97. The van der Waals surface area contributed by atoms with Gasteiger partial charge >= 0.3 is 0 Å². The topological polar surface area (TPSA) is 55.6 Å². The van der Waals surface area contributed by atoms with Crippen LogP contribution in [0.1, 0.15) is 36.0 Å². The summed E-state index contributed by atoms with van der Waals surface area (Å²) in [6.45, 7) is 4.17. The van der Waals surface area contributed by atoms with Gasteiger partial charge < -0.3 is 4.74 Å². The monoisotopic (exact) mass is 264 g/mol. The number of hydrogen-bond donors (Lipinski definition) is 1. The van der Waals surface area contributed by atoms with Crippen molar-refractivity contribution in [2.45, 2.75) is 39.5 Å². The minimum Gasteiger partial charge on any atom is -0.496 e. The summed E-state index contributed by atoms with van der Waals surface area (Å²) in [6, 6.07) is 4.22. The van der Waals surface area contributed by atoms with Gasteiger partial charge in [-0.25, -0.2) is 5.84 Å². The van der Waals surface area contributed by atoms with Crippen LogP contribution in [0.2, 0.25) is 0 Å². The van der Waals surface area contributed by atoms with E-state index in [0.717, 1.165) is 30.0 Å². The van der Waals surface area contributed by atoms with Crippen molar-refractivity contribution in [2.75, 3.05) is 14.2 Å². The Labute approximate surface area is 115 Å². The average Bonchev–Trinajstić information content (AvgIpc) is 2.35. The Morgan fingerprint density at radius 1 is 1.32 bits per heavy atom. The van der Waals surface area contributed by atoms with Crippen LogP contribution in [0.5, 0.6) is 5.75 Å². The lowest BCUT2D eigenvalue weighted by Gasteiger charge is -2.13. The number of aryl methyl sites for hydroxylation is 2. The van der Waals surface area contributed by atoms with Crippen molar-refractivity contribution < 1.29 is 9.53 Å². The Hall–Kier alpha value is -1.55. The molecule has 0 aliphatic rings. The van der Waals surface area contributed by atoms with E-state index < -0.39 is 0 Å². The highest BCUT2D eigenvalue weighted by Crippen LogP contribution is 2.26. The van der Waals surface area contributed by atoms with E-state index in [0.29, 0.717) is 6.42 Å². The van der Waals surface area contributed by atoms with E-state index in [1.165, 1.54) is 16.7 Å². The third kappa shape index (κ3) is 4.56. The molecule has 0 saturated heterocycles. The highest BCUT2D eigenvalue weighted by Gasteiger charge is 2.09. The molecule has 0 heterocycles. The first kappa shape index (κ1) is 15.5. The molecular weight excluding hydrogens is 240 g/mol. The molecule has 0 bridgehead atoms. The third-order valence-electron chi connectivity index (χ3n) is 3.26. The highest BCUT2D eigenvalue weighted by atomic mass is 16.5. The molecule has 19 heavy (non-hydrogen) atoms. The van der Waals surface area contributed by atoms with E-state index in [4.69, 9.17) is 10.6 Å². The summed E-state index contributed by atoms with van der Waals surface area (Å²) in [6.07, 6.45) is 3.23. The van der Waals surface area contributed by atoms with Gasteiger partial charge in [0.15, 0.2) is 0 Å². The zero-order valence-corrected chi connectivity index (χ0v) is 12.3. The second-order valence-corrected chi connectivity index (χ2v) is 4.97. The molecular formula is C15H24N2O2. The molecule has 0 aliphatic heterocycles. The van der Waals surface area contributed by atoms with Gasteiger partial charge in [-0.05, 0) is 55.9 Å². The number of unbranched alkanes of at least 4 members (excludes halogenated alkanes) is 1. The quantitative estimate of drug-likeness (QED) is 0.371. The molecule has 1 rings (SSSR count). The van der Waals surface area contributed by atoms with Crippen molar-refractivity contribution in [1.29, 1.82) is 0 Å². The molecule has 0 saturated carbocycles. The lowest BCUT2D eigenvalue weighted by molar-refractivity contribution is -0.130. The number of benzene rings is 1. The number of carbonyl (C=O) groups is 1. The lowest BCUT2D eigenvalue weighted by Crippen LogP contribution is -2.32. The largest absolute Gasteiger partial charge is 0.496 e. The fourth-order valence-corrected chi connectivity index (χ4v) is 2.22. The van der Waals surface area contributed by atoms with Gasteiger partial charge in [-0.2, -0.15) is 0 Å². The fourth-order valence-electron chi connectivity index (χ4n) is 2.22. The Morgan fingerprint density at radius 3 is 2.58 bits per heavy atom. The second kappa shape index (κ2) is 7.14. The summed E-state index contributed by atoms with van der Waals surface area (Å²) in [5.41, 5.74) is 3.69. The average molecular weight is 264 g/mol. The van der Waals surface area contributed by atoms with E-state index in [1.807, 2.05) is 0 Å². The van der Waals surface area contributed by atoms with Crippen LogP contribution in [-0.2, 0) is 11.2 Å². The number of rotatable bonds is 6.